The van der Waals surface area contributed by atoms with Crippen molar-refractivity contribution in [1.29, 1.82) is 0 Å². The quantitative estimate of drug-likeness (QED) is 0.856. The van der Waals surface area contributed by atoms with Gasteiger partial charge in [-0.2, -0.15) is 5.10 Å². The van der Waals surface area contributed by atoms with E-state index in [1.165, 1.54) is 31.2 Å². The Morgan fingerprint density at radius 1 is 1.20 bits per heavy atom. The van der Waals surface area contributed by atoms with Crippen LogP contribution in [0.4, 0.5) is 0 Å². The summed E-state index contributed by atoms with van der Waals surface area (Å²) in [4.78, 5) is 6.58. The summed E-state index contributed by atoms with van der Waals surface area (Å²) in [5.74, 6) is 0. The molecule has 2 aromatic rings. The Kier molecular flexibility index (Phi) is 3.03. The number of nitrogens with zero attached hydrogens (tertiary/aromatic N) is 4. The summed E-state index contributed by atoms with van der Waals surface area (Å²) in [6.07, 6.45) is 8.51. The molecular formula is C16H20N4. The normalized spacial score (nSPS) is 22.3. The van der Waals surface area contributed by atoms with Gasteiger partial charge < -0.3 is 0 Å². The van der Waals surface area contributed by atoms with Crippen molar-refractivity contribution in [1.82, 2.24) is 19.7 Å². The van der Waals surface area contributed by atoms with E-state index in [-0.39, 0.29) is 0 Å². The second-order valence-electron chi connectivity index (χ2n) is 6.01. The summed E-state index contributed by atoms with van der Waals surface area (Å²) in [6, 6.07) is 7.56. The number of likely N-dealkylation sites (tertiary alicyclic amines) is 1. The predicted molar refractivity (Wildman–Crippen MR) is 77.4 cm³/mol. The largest absolute Gasteiger partial charge is 0.297 e. The first-order chi connectivity index (χ1) is 9.88. The van der Waals surface area contributed by atoms with Gasteiger partial charge in [-0.3, -0.25) is 4.90 Å². The third-order valence-corrected chi connectivity index (χ3v) is 4.63. The van der Waals surface area contributed by atoms with Crippen molar-refractivity contribution in [3.05, 3.63) is 47.5 Å². The van der Waals surface area contributed by atoms with Crippen LogP contribution in [-0.4, -0.2) is 32.8 Å². The molecular weight excluding hydrogens is 248 g/mol. The van der Waals surface area contributed by atoms with E-state index < -0.39 is 0 Å². The monoisotopic (exact) mass is 268 g/mol. The summed E-state index contributed by atoms with van der Waals surface area (Å²) < 4.78 is 2.00. The van der Waals surface area contributed by atoms with Crippen LogP contribution in [0.2, 0.25) is 0 Å². The lowest BCUT2D eigenvalue weighted by Crippen LogP contribution is -2.21. The minimum Gasteiger partial charge on any atom is -0.297 e. The first-order valence-corrected chi connectivity index (χ1v) is 7.55. The van der Waals surface area contributed by atoms with Crippen LogP contribution >= 0.6 is 0 Å². The van der Waals surface area contributed by atoms with E-state index >= 15 is 0 Å². The molecule has 1 aliphatic carbocycles. The maximum atomic E-state index is 4.27. The van der Waals surface area contributed by atoms with E-state index in [9.17, 15) is 0 Å². The highest BCUT2D eigenvalue weighted by atomic mass is 15.4. The standard InChI is InChI=1S/C16H20N4/c1-2-14-5-4-13(8-15(14)3-1)9-19-7-6-16(10-19)20-12-17-11-18-20/h4-5,8,11-12,16H,1-3,6-7,9-10H2. The van der Waals surface area contributed by atoms with Crippen molar-refractivity contribution in [3.63, 3.8) is 0 Å². The zero-order chi connectivity index (χ0) is 13.4. The molecule has 0 amide bonds. The third kappa shape index (κ3) is 2.24. The highest BCUT2D eigenvalue weighted by Crippen LogP contribution is 2.25. The summed E-state index contributed by atoms with van der Waals surface area (Å²) in [5.41, 5.74) is 4.61. The molecule has 1 aliphatic heterocycles. The fourth-order valence-electron chi connectivity index (χ4n) is 3.56. The SMILES string of the molecule is c1ncn(C2CCN(Cc3ccc4c(c3)CCC4)C2)n1. The average molecular weight is 268 g/mol. The minimum atomic E-state index is 0.493. The summed E-state index contributed by atoms with van der Waals surface area (Å²) in [5, 5.41) is 4.27. The van der Waals surface area contributed by atoms with E-state index in [1.54, 1.807) is 17.5 Å². The van der Waals surface area contributed by atoms with Crippen molar-refractivity contribution < 1.29 is 0 Å². The Balaban J connectivity index is 1.43. The predicted octanol–water partition coefficient (Wildman–Crippen LogP) is 2.21. The summed E-state index contributed by atoms with van der Waals surface area (Å²) in [6.45, 7) is 3.31. The van der Waals surface area contributed by atoms with Crippen LogP contribution in [0.1, 0.15) is 35.6 Å². The number of rotatable bonds is 3. The van der Waals surface area contributed by atoms with Crippen molar-refractivity contribution in [3.8, 4) is 0 Å². The third-order valence-electron chi connectivity index (χ3n) is 4.63. The second kappa shape index (κ2) is 5.02. The Morgan fingerprint density at radius 2 is 2.15 bits per heavy atom. The molecule has 104 valence electrons. The Labute approximate surface area is 119 Å². The van der Waals surface area contributed by atoms with Crippen LogP contribution < -0.4 is 0 Å². The van der Waals surface area contributed by atoms with Gasteiger partial charge in [-0.25, -0.2) is 9.67 Å². The number of aryl methyl sites for hydroxylation is 2. The lowest BCUT2D eigenvalue weighted by molar-refractivity contribution is 0.311. The number of fused-ring (bicyclic) bond motifs is 1. The number of hydrogen-bond acceptors (Lipinski definition) is 3. The molecule has 4 heteroatoms. The van der Waals surface area contributed by atoms with Crippen molar-refractivity contribution in [2.75, 3.05) is 13.1 Å². The summed E-state index contributed by atoms with van der Waals surface area (Å²) in [7, 11) is 0. The molecule has 4 rings (SSSR count). The van der Waals surface area contributed by atoms with Crippen LogP contribution in [0.5, 0.6) is 0 Å². The molecule has 1 fully saturated rings. The fraction of sp³-hybridized carbons (Fsp3) is 0.500. The van der Waals surface area contributed by atoms with Gasteiger partial charge in [-0.15, -0.1) is 0 Å². The highest BCUT2D eigenvalue weighted by Gasteiger charge is 2.24. The number of aromatic nitrogens is 3. The molecule has 1 unspecified atom stereocenters. The first kappa shape index (κ1) is 12.1. The maximum absolute atomic E-state index is 4.27. The Hall–Kier alpha value is -1.68. The lowest BCUT2D eigenvalue weighted by atomic mass is 10.1. The molecule has 2 aliphatic rings. The molecule has 0 spiro atoms. The zero-order valence-corrected chi connectivity index (χ0v) is 11.7. The van der Waals surface area contributed by atoms with Gasteiger partial charge in [0.15, 0.2) is 0 Å². The lowest BCUT2D eigenvalue weighted by Gasteiger charge is -2.16. The fourth-order valence-corrected chi connectivity index (χ4v) is 3.56. The molecule has 0 saturated carbocycles. The van der Waals surface area contributed by atoms with Crippen molar-refractivity contribution in [2.24, 2.45) is 0 Å². The van der Waals surface area contributed by atoms with Gasteiger partial charge in [0, 0.05) is 19.6 Å². The molecule has 4 nitrogen and oxygen atoms in total. The second-order valence-corrected chi connectivity index (χ2v) is 6.01. The molecule has 1 aromatic carbocycles. The van der Waals surface area contributed by atoms with E-state index in [2.05, 4.69) is 33.2 Å². The maximum Gasteiger partial charge on any atom is 0.137 e. The van der Waals surface area contributed by atoms with Crippen LogP contribution in [0, 0.1) is 0 Å². The Morgan fingerprint density at radius 3 is 3.05 bits per heavy atom. The molecule has 2 heterocycles. The van der Waals surface area contributed by atoms with E-state index in [1.807, 2.05) is 11.0 Å². The van der Waals surface area contributed by atoms with Gasteiger partial charge in [0.1, 0.15) is 12.7 Å². The Bertz CT molecular complexity index is 591. The number of hydrogen-bond donors (Lipinski definition) is 0. The molecule has 20 heavy (non-hydrogen) atoms. The van der Waals surface area contributed by atoms with Crippen LogP contribution in [0.15, 0.2) is 30.9 Å². The summed E-state index contributed by atoms with van der Waals surface area (Å²) >= 11 is 0. The molecule has 1 aromatic heterocycles. The van der Waals surface area contributed by atoms with E-state index in [4.69, 9.17) is 0 Å². The van der Waals surface area contributed by atoms with Gasteiger partial charge in [0.25, 0.3) is 0 Å². The topological polar surface area (TPSA) is 34.0 Å². The number of benzene rings is 1. The van der Waals surface area contributed by atoms with Crippen LogP contribution in [0.25, 0.3) is 0 Å². The molecule has 0 radical (unpaired) electrons. The first-order valence-electron chi connectivity index (χ1n) is 7.55. The van der Waals surface area contributed by atoms with Gasteiger partial charge >= 0.3 is 0 Å². The van der Waals surface area contributed by atoms with Crippen LogP contribution in [0.3, 0.4) is 0 Å². The molecule has 1 saturated heterocycles. The van der Waals surface area contributed by atoms with Gasteiger partial charge in [0.2, 0.25) is 0 Å². The average Bonchev–Trinajstić information content (AvgIpc) is 3.19. The van der Waals surface area contributed by atoms with Gasteiger partial charge in [0.05, 0.1) is 6.04 Å². The van der Waals surface area contributed by atoms with E-state index in [0.29, 0.717) is 6.04 Å². The minimum absolute atomic E-state index is 0.493. The van der Waals surface area contributed by atoms with E-state index in [0.717, 1.165) is 19.6 Å². The van der Waals surface area contributed by atoms with Crippen LogP contribution in [-0.2, 0) is 19.4 Å². The molecule has 0 bridgehead atoms. The molecule has 1 atom stereocenters. The zero-order valence-electron chi connectivity index (χ0n) is 11.7. The smallest absolute Gasteiger partial charge is 0.137 e. The van der Waals surface area contributed by atoms with Gasteiger partial charge in [-0.05, 0) is 42.4 Å². The molecule has 0 N–H and O–H groups in total. The van der Waals surface area contributed by atoms with Crippen molar-refractivity contribution >= 4 is 0 Å². The van der Waals surface area contributed by atoms with Crippen molar-refractivity contribution in [2.45, 2.75) is 38.3 Å². The van der Waals surface area contributed by atoms with Gasteiger partial charge in [-0.1, -0.05) is 18.2 Å². The highest BCUT2D eigenvalue weighted by molar-refractivity contribution is 5.35.